The van der Waals surface area contributed by atoms with Gasteiger partial charge in [0.15, 0.2) is 0 Å². The summed E-state index contributed by atoms with van der Waals surface area (Å²) in [6.07, 6.45) is 0. The molecule has 0 spiro atoms. The second-order valence-electron chi connectivity index (χ2n) is 4.56. The van der Waals surface area contributed by atoms with E-state index in [1.54, 1.807) is 12.1 Å². The van der Waals surface area contributed by atoms with E-state index in [1.807, 2.05) is 26.8 Å². The number of aryl methyl sites for hydroxylation is 1. The number of rotatable bonds is 3. The summed E-state index contributed by atoms with van der Waals surface area (Å²) in [6.45, 7) is 6.04. The van der Waals surface area contributed by atoms with Crippen LogP contribution in [-0.4, -0.2) is 18.0 Å². The SMILES string of the molecule is Cc1cc(Cl)cc(C(=O)NC(C)(C)CN)c1.Cl. The van der Waals surface area contributed by atoms with Crippen LogP contribution in [0, 0.1) is 6.92 Å². The molecule has 0 radical (unpaired) electrons. The fourth-order valence-electron chi connectivity index (χ4n) is 1.30. The predicted molar refractivity (Wildman–Crippen MR) is 74.0 cm³/mol. The zero-order valence-electron chi connectivity index (χ0n) is 10.2. The number of nitrogens with one attached hydrogen (secondary N) is 1. The molecule has 1 aromatic rings. The van der Waals surface area contributed by atoms with Crippen molar-refractivity contribution in [2.24, 2.45) is 5.73 Å². The summed E-state index contributed by atoms with van der Waals surface area (Å²) in [5.41, 5.74) is 6.67. The van der Waals surface area contributed by atoms with Gasteiger partial charge in [0, 0.05) is 22.7 Å². The summed E-state index contributed by atoms with van der Waals surface area (Å²) >= 11 is 5.89. The molecule has 1 aromatic carbocycles. The van der Waals surface area contributed by atoms with E-state index in [4.69, 9.17) is 17.3 Å². The molecule has 0 unspecified atom stereocenters. The van der Waals surface area contributed by atoms with Gasteiger partial charge >= 0.3 is 0 Å². The molecule has 0 aliphatic carbocycles. The van der Waals surface area contributed by atoms with E-state index in [0.29, 0.717) is 17.1 Å². The van der Waals surface area contributed by atoms with E-state index in [9.17, 15) is 4.79 Å². The molecular formula is C12H18Cl2N2O. The molecule has 0 bridgehead atoms. The van der Waals surface area contributed by atoms with E-state index < -0.39 is 5.54 Å². The monoisotopic (exact) mass is 276 g/mol. The molecule has 0 heterocycles. The van der Waals surface area contributed by atoms with Crippen LogP contribution < -0.4 is 11.1 Å². The van der Waals surface area contributed by atoms with Gasteiger partial charge in [-0.05, 0) is 44.5 Å². The van der Waals surface area contributed by atoms with Crippen LogP contribution >= 0.6 is 24.0 Å². The smallest absolute Gasteiger partial charge is 0.251 e. The van der Waals surface area contributed by atoms with Crippen molar-refractivity contribution < 1.29 is 4.79 Å². The third-order valence-electron chi connectivity index (χ3n) is 2.27. The Labute approximate surface area is 113 Å². The number of carbonyl (C=O) groups is 1. The number of nitrogens with two attached hydrogens (primary N) is 1. The van der Waals surface area contributed by atoms with Gasteiger partial charge in [0.1, 0.15) is 0 Å². The number of amides is 1. The number of hydrogen-bond acceptors (Lipinski definition) is 2. The Hall–Kier alpha value is -0.770. The summed E-state index contributed by atoms with van der Waals surface area (Å²) in [5, 5.41) is 3.42. The fourth-order valence-corrected chi connectivity index (χ4v) is 1.59. The van der Waals surface area contributed by atoms with Gasteiger partial charge in [0.25, 0.3) is 5.91 Å². The van der Waals surface area contributed by atoms with Gasteiger partial charge in [0.05, 0.1) is 0 Å². The maximum Gasteiger partial charge on any atom is 0.251 e. The molecule has 0 saturated heterocycles. The normalized spacial score (nSPS) is 10.6. The highest BCUT2D eigenvalue weighted by molar-refractivity contribution is 6.31. The third-order valence-corrected chi connectivity index (χ3v) is 2.48. The minimum absolute atomic E-state index is 0. The van der Waals surface area contributed by atoms with Crippen molar-refractivity contribution in [3.8, 4) is 0 Å². The first-order valence-corrected chi connectivity index (χ1v) is 5.51. The van der Waals surface area contributed by atoms with Gasteiger partial charge in [-0.1, -0.05) is 11.6 Å². The fraction of sp³-hybridized carbons (Fsp3) is 0.417. The lowest BCUT2D eigenvalue weighted by atomic mass is 10.0. The molecule has 1 amide bonds. The molecule has 1 rings (SSSR count). The Bertz CT molecular complexity index is 385. The summed E-state index contributed by atoms with van der Waals surface area (Å²) < 4.78 is 0. The van der Waals surface area contributed by atoms with Gasteiger partial charge in [0.2, 0.25) is 0 Å². The third kappa shape index (κ3) is 4.94. The van der Waals surface area contributed by atoms with Crippen LogP contribution in [0.1, 0.15) is 29.8 Å². The second kappa shape index (κ2) is 6.24. The quantitative estimate of drug-likeness (QED) is 0.892. The first kappa shape index (κ1) is 16.2. The topological polar surface area (TPSA) is 55.1 Å². The van der Waals surface area contributed by atoms with Crippen LogP contribution in [0.25, 0.3) is 0 Å². The first-order chi connectivity index (χ1) is 7.34. The number of carbonyl (C=O) groups excluding carboxylic acids is 1. The summed E-state index contributed by atoms with van der Waals surface area (Å²) in [6, 6.07) is 5.26. The molecule has 96 valence electrons. The zero-order valence-corrected chi connectivity index (χ0v) is 11.8. The predicted octanol–water partition coefficient (Wildman–Crippen LogP) is 2.54. The van der Waals surface area contributed by atoms with Crippen molar-refractivity contribution in [3.63, 3.8) is 0 Å². The minimum Gasteiger partial charge on any atom is -0.346 e. The maximum absolute atomic E-state index is 11.9. The molecule has 0 aliphatic rings. The Morgan fingerprint density at radius 1 is 1.41 bits per heavy atom. The van der Waals surface area contributed by atoms with E-state index in [2.05, 4.69) is 5.32 Å². The van der Waals surface area contributed by atoms with Gasteiger partial charge in [-0.3, -0.25) is 4.79 Å². The number of hydrogen-bond donors (Lipinski definition) is 2. The molecule has 0 aromatic heterocycles. The van der Waals surface area contributed by atoms with Crippen molar-refractivity contribution >= 4 is 29.9 Å². The lowest BCUT2D eigenvalue weighted by Crippen LogP contribution is -2.48. The highest BCUT2D eigenvalue weighted by atomic mass is 35.5. The molecule has 0 saturated carbocycles. The van der Waals surface area contributed by atoms with Crippen LogP contribution in [0.5, 0.6) is 0 Å². The highest BCUT2D eigenvalue weighted by Crippen LogP contribution is 2.15. The maximum atomic E-state index is 11.9. The molecule has 0 fully saturated rings. The Kier molecular flexibility index (Phi) is 5.96. The lowest BCUT2D eigenvalue weighted by molar-refractivity contribution is 0.0915. The van der Waals surface area contributed by atoms with Crippen molar-refractivity contribution in [3.05, 3.63) is 34.3 Å². The van der Waals surface area contributed by atoms with E-state index >= 15 is 0 Å². The number of halogens is 2. The zero-order chi connectivity index (χ0) is 12.3. The standard InChI is InChI=1S/C12H17ClN2O.ClH/c1-8-4-9(6-10(13)5-8)11(16)15-12(2,3)7-14;/h4-6H,7,14H2,1-3H3,(H,15,16);1H. The molecule has 3 N–H and O–H groups in total. The van der Waals surface area contributed by atoms with Gasteiger partial charge < -0.3 is 11.1 Å². The van der Waals surface area contributed by atoms with Crippen LogP contribution in [0.2, 0.25) is 5.02 Å². The van der Waals surface area contributed by atoms with Crippen LogP contribution in [-0.2, 0) is 0 Å². The minimum atomic E-state index is -0.409. The number of benzene rings is 1. The van der Waals surface area contributed by atoms with E-state index in [-0.39, 0.29) is 18.3 Å². The van der Waals surface area contributed by atoms with Crippen LogP contribution in [0.4, 0.5) is 0 Å². The van der Waals surface area contributed by atoms with Gasteiger partial charge in [-0.2, -0.15) is 0 Å². The second-order valence-corrected chi connectivity index (χ2v) is 5.00. The van der Waals surface area contributed by atoms with Gasteiger partial charge in [-0.15, -0.1) is 12.4 Å². The summed E-state index contributed by atoms with van der Waals surface area (Å²) in [4.78, 5) is 11.9. The Morgan fingerprint density at radius 3 is 2.47 bits per heavy atom. The van der Waals surface area contributed by atoms with Gasteiger partial charge in [-0.25, -0.2) is 0 Å². The molecule has 17 heavy (non-hydrogen) atoms. The molecule has 5 heteroatoms. The summed E-state index contributed by atoms with van der Waals surface area (Å²) in [5.74, 6) is -0.152. The highest BCUT2D eigenvalue weighted by Gasteiger charge is 2.19. The molecule has 0 aliphatic heterocycles. The first-order valence-electron chi connectivity index (χ1n) is 5.14. The average molecular weight is 277 g/mol. The molecular weight excluding hydrogens is 259 g/mol. The van der Waals surface area contributed by atoms with E-state index in [0.717, 1.165) is 5.56 Å². The largest absolute Gasteiger partial charge is 0.346 e. The van der Waals surface area contributed by atoms with Crippen molar-refractivity contribution in [1.29, 1.82) is 0 Å². The molecule has 0 atom stereocenters. The Balaban J connectivity index is 0.00000256. The lowest BCUT2D eigenvalue weighted by Gasteiger charge is -2.24. The van der Waals surface area contributed by atoms with Crippen molar-refractivity contribution in [2.75, 3.05) is 6.54 Å². The summed E-state index contributed by atoms with van der Waals surface area (Å²) in [7, 11) is 0. The van der Waals surface area contributed by atoms with Crippen molar-refractivity contribution in [2.45, 2.75) is 26.3 Å². The van der Waals surface area contributed by atoms with Crippen LogP contribution in [0.15, 0.2) is 18.2 Å². The van der Waals surface area contributed by atoms with E-state index in [1.165, 1.54) is 0 Å². The molecule has 3 nitrogen and oxygen atoms in total. The Morgan fingerprint density at radius 2 is 2.00 bits per heavy atom. The average Bonchev–Trinajstić information content (AvgIpc) is 2.15. The van der Waals surface area contributed by atoms with Crippen molar-refractivity contribution in [1.82, 2.24) is 5.32 Å². The van der Waals surface area contributed by atoms with Crippen LogP contribution in [0.3, 0.4) is 0 Å².